The summed E-state index contributed by atoms with van der Waals surface area (Å²) in [6.45, 7) is 4.79. The third-order valence-electron chi connectivity index (χ3n) is 5.38. The third-order valence-corrected chi connectivity index (χ3v) is 6.42. The second-order valence-corrected chi connectivity index (χ2v) is 8.62. The summed E-state index contributed by atoms with van der Waals surface area (Å²) in [7, 11) is 0. The van der Waals surface area contributed by atoms with Crippen LogP contribution in [0.5, 0.6) is 11.5 Å². The number of amides is 1. The van der Waals surface area contributed by atoms with Crippen molar-refractivity contribution in [2.45, 2.75) is 26.8 Å². The molecule has 5 rings (SSSR count). The fraction of sp³-hybridized carbons (Fsp3) is 0.208. The molecule has 0 N–H and O–H groups in total. The molecule has 7 heteroatoms. The van der Waals surface area contributed by atoms with Crippen LogP contribution in [0.2, 0.25) is 0 Å². The Morgan fingerprint density at radius 2 is 1.90 bits per heavy atom. The lowest BCUT2D eigenvalue weighted by atomic mass is 10.1. The predicted octanol–water partition coefficient (Wildman–Crippen LogP) is 4.81. The summed E-state index contributed by atoms with van der Waals surface area (Å²) in [4.78, 5) is 24.2. The molecule has 31 heavy (non-hydrogen) atoms. The maximum atomic E-state index is 13.4. The van der Waals surface area contributed by atoms with Gasteiger partial charge < -0.3 is 9.47 Å². The maximum absolute atomic E-state index is 13.4. The lowest BCUT2D eigenvalue weighted by molar-refractivity contribution is -0.118. The molecule has 156 valence electrons. The number of nitrogens with zero attached hydrogens (tertiary/aromatic N) is 3. The molecular formula is C24H21N3O3S. The van der Waals surface area contributed by atoms with E-state index in [4.69, 9.17) is 14.5 Å². The summed E-state index contributed by atoms with van der Waals surface area (Å²) in [5.41, 5.74) is 5.14. The Morgan fingerprint density at radius 1 is 1.06 bits per heavy atom. The molecule has 4 aromatic rings. The van der Waals surface area contributed by atoms with Gasteiger partial charge in [-0.1, -0.05) is 23.5 Å². The van der Waals surface area contributed by atoms with Crippen molar-refractivity contribution in [2.24, 2.45) is 0 Å². The zero-order valence-electron chi connectivity index (χ0n) is 17.3. The van der Waals surface area contributed by atoms with E-state index in [2.05, 4.69) is 31.0 Å². The second-order valence-electron chi connectivity index (χ2n) is 7.61. The Bertz CT molecular complexity index is 1230. The van der Waals surface area contributed by atoms with E-state index in [1.165, 1.54) is 22.5 Å². The molecule has 0 atom stereocenters. The van der Waals surface area contributed by atoms with Gasteiger partial charge in [0.25, 0.3) is 0 Å². The number of ether oxygens (including phenoxy) is 2. The number of hydrogen-bond acceptors (Lipinski definition) is 6. The van der Waals surface area contributed by atoms with Gasteiger partial charge in [0, 0.05) is 12.4 Å². The highest BCUT2D eigenvalue weighted by Gasteiger charge is 2.22. The average molecular weight is 432 g/mol. The molecule has 0 saturated heterocycles. The monoisotopic (exact) mass is 431 g/mol. The van der Waals surface area contributed by atoms with Crippen LogP contribution < -0.4 is 14.4 Å². The molecule has 0 saturated carbocycles. The number of anilines is 1. The topological polar surface area (TPSA) is 64.6 Å². The molecule has 1 amide bonds. The molecule has 0 aliphatic carbocycles. The van der Waals surface area contributed by atoms with Gasteiger partial charge in [0.15, 0.2) is 16.6 Å². The molecule has 0 radical (unpaired) electrons. The Morgan fingerprint density at radius 3 is 2.74 bits per heavy atom. The first-order valence-electron chi connectivity index (χ1n) is 10.0. The number of aromatic nitrogens is 2. The van der Waals surface area contributed by atoms with Crippen LogP contribution in [0.15, 0.2) is 54.9 Å². The maximum Gasteiger partial charge on any atom is 0.233 e. The largest absolute Gasteiger partial charge is 0.454 e. The predicted molar refractivity (Wildman–Crippen MR) is 121 cm³/mol. The molecule has 2 aromatic heterocycles. The molecule has 2 aromatic carbocycles. The first-order chi connectivity index (χ1) is 15.1. The van der Waals surface area contributed by atoms with Crippen molar-refractivity contribution in [3.63, 3.8) is 0 Å². The summed E-state index contributed by atoms with van der Waals surface area (Å²) in [5, 5.41) is 0.689. The Labute approximate surface area is 184 Å². The summed E-state index contributed by atoms with van der Waals surface area (Å²) in [5.74, 6) is 1.35. The minimum Gasteiger partial charge on any atom is -0.454 e. The smallest absolute Gasteiger partial charge is 0.233 e. The SMILES string of the molecule is Cc1cc2nc(N(Cc3cccnc3)C(=O)Cc3ccc4c(c3)OCO4)sc2cc1C. The molecule has 1 aliphatic rings. The van der Waals surface area contributed by atoms with Gasteiger partial charge in [-0.2, -0.15) is 0 Å². The van der Waals surface area contributed by atoms with Crippen LogP contribution >= 0.6 is 11.3 Å². The Balaban J connectivity index is 1.48. The zero-order valence-corrected chi connectivity index (χ0v) is 18.1. The fourth-order valence-corrected chi connectivity index (χ4v) is 4.60. The first kappa shape index (κ1) is 19.5. The number of pyridine rings is 1. The fourth-order valence-electron chi connectivity index (χ4n) is 3.54. The normalized spacial score (nSPS) is 12.3. The molecular weight excluding hydrogens is 410 g/mol. The van der Waals surface area contributed by atoms with Crippen LogP contribution in [0, 0.1) is 13.8 Å². The van der Waals surface area contributed by atoms with Crippen LogP contribution in [0.25, 0.3) is 10.2 Å². The van der Waals surface area contributed by atoms with E-state index < -0.39 is 0 Å². The lowest BCUT2D eigenvalue weighted by Gasteiger charge is -2.20. The van der Waals surface area contributed by atoms with Gasteiger partial charge >= 0.3 is 0 Å². The zero-order chi connectivity index (χ0) is 21.4. The molecule has 0 bridgehead atoms. The summed E-state index contributed by atoms with van der Waals surface area (Å²) < 4.78 is 11.9. The lowest BCUT2D eigenvalue weighted by Crippen LogP contribution is -2.31. The average Bonchev–Trinajstić information content (AvgIpc) is 3.39. The van der Waals surface area contributed by atoms with Gasteiger partial charge in [0.2, 0.25) is 12.7 Å². The summed E-state index contributed by atoms with van der Waals surface area (Å²) >= 11 is 1.54. The highest BCUT2D eigenvalue weighted by atomic mass is 32.1. The first-order valence-corrected chi connectivity index (χ1v) is 10.8. The van der Waals surface area contributed by atoms with Crippen molar-refractivity contribution in [1.82, 2.24) is 9.97 Å². The minimum absolute atomic E-state index is 0.0322. The number of benzene rings is 2. The van der Waals surface area contributed by atoms with Crippen molar-refractivity contribution < 1.29 is 14.3 Å². The van der Waals surface area contributed by atoms with E-state index in [0.29, 0.717) is 23.2 Å². The van der Waals surface area contributed by atoms with Crippen LogP contribution in [0.3, 0.4) is 0 Å². The molecule has 3 heterocycles. The van der Waals surface area contributed by atoms with E-state index in [0.717, 1.165) is 21.3 Å². The number of carbonyl (C=O) groups excluding carboxylic acids is 1. The number of carbonyl (C=O) groups is 1. The summed E-state index contributed by atoms with van der Waals surface area (Å²) in [6.07, 6.45) is 3.75. The van der Waals surface area contributed by atoms with Crippen molar-refractivity contribution in [2.75, 3.05) is 11.7 Å². The minimum atomic E-state index is -0.0322. The van der Waals surface area contributed by atoms with Crippen molar-refractivity contribution in [1.29, 1.82) is 0 Å². The highest BCUT2D eigenvalue weighted by molar-refractivity contribution is 7.22. The molecule has 6 nitrogen and oxygen atoms in total. The Hall–Kier alpha value is -3.45. The highest BCUT2D eigenvalue weighted by Crippen LogP contribution is 2.34. The Kier molecular flexibility index (Phi) is 5.03. The van der Waals surface area contributed by atoms with Crippen LogP contribution in [0.4, 0.5) is 5.13 Å². The molecule has 0 unspecified atom stereocenters. The second kappa shape index (κ2) is 8.00. The molecule has 1 aliphatic heterocycles. The molecule has 0 fully saturated rings. The van der Waals surface area contributed by atoms with Gasteiger partial charge in [0.05, 0.1) is 23.2 Å². The van der Waals surface area contributed by atoms with E-state index in [9.17, 15) is 4.79 Å². The van der Waals surface area contributed by atoms with E-state index in [-0.39, 0.29) is 19.1 Å². The quantitative estimate of drug-likeness (QED) is 0.454. The van der Waals surface area contributed by atoms with Crippen molar-refractivity contribution in [3.8, 4) is 11.5 Å². The van der Waals surface area contributed by atoms with Crippen LogP contribution in [-0.2, 0) is 17.8 Å². The van der Waals surface area contributed by atoms with Crippen molar-refractivity contribution in [3.05, 3.63) is 77.1 Å². The number of fused-ring (bicyclic) bond motifs is 2. The van der Waals surface area contributed by atoms with E-state index >= 15 is 0 Å². The van der Waals surface area contributed by atoms with Gasteiger partial charge in [-0.25, -0.2) is 4.98 Å². The van der Waals surface area contributed by atoms with Crippen LogP contribution in [-0.4, -0.2) is 22.7 Å². The van der Waals surface area contributed by atoms with Crippen LogP contribution in [0.1, 0.15) is 22.3 Å². The van der Waals surface area contributed by atoms with Gasteiger partial charge in [-0.3, -0.25) is 14.7 Å². The number of rotatable bonds is 5. The van der Waals surface area contributed by atoms with Gasteiger partial charge in [-0.15, -0.1) is 0 Å². The molecule has 0 spiro atoms. The number of hydrogen-bond donors (Lipinski definition) is 0. The standard InChI is InChI=1S/C24H21N3O3S/c1-15-8-19-22(9-16(15)2)31-24(26-19)27(13-18-4-3-7-25-12-18)23(28)11-17-5-6-20-21(10-17)30-14-29-20/h3-10,12H,11,13-14H2,1-2H3. The van der Waals surface area contributed by atoms with E-state index in [1.54, 1.807) is 17.3 Å². The van der Waals surface area contributed by atoms with Gasteiger partial charge in [0.1, 0.15) is 0 Å². The number of aryl methyl sites for hydroxylation is 2. The summed E-state index contributed by atoms with van der Waals surface area (Å²) in [6, 6.07) is 13.7. The van der Waals surface area contributed by atoms with Gasteiger partial charge in [-0.05, 0) is 66.4 Å². The number of thiazole rings is 1. The third kappa shape index (κ3) is 3.96. The van der Waals surface area contributed by atoms with Crippen molar-refractivity contribution >= 4 is 32.6 Å². The van der Waals surface area contributed by atoms with E-state index in [1.807, 2.05) is 30.3 Å².